The van der Waals surface area contributed by atoms with Gasteiger partial charge in [0, 0.05) is 17.8 Å². The maximum Gasteiger partial charge on any atom is 0.144 e. The van der Waals surface area contributed by atoms with Gasteiger partial charge in [0.2, 0.25) is 0 Å². The third kappa shape index (κ3) is 4.39. The van der Waals surface area contributed by atoms with Gasteiger partial charge in [0.25, 0.3) is 0 Å². The van der Waals surface area contributed by atoms with Crippen molar-refractivity contribution in [1.29, 1.82) is 0 Å². The zero-order valence-electron chi connectivity index (χ0n) is 10.9. The predicted molar refractivity (Wildman–Crippen MR) is 74.5 cm³/mol. The van der Waals surface area contributed by atoms with Crippen LogP contribution in [0.25, 0.3) is 0 Å². The highest BCUT2D eigenvalue weighted by Gasteiger charge is 2.06. The normalized spacial score (nSPS) is 12.2. The van der Waals surface area contributed by atoms with Crippen LogP contribution in [0, 0.1) is 0 Å². The summed E-state index contributed by atoms with van der Waals surface area (Å²) in [4.78, 5) is 0. The molecular weight excluding hydrogens is 212 g/mol. The van der Waals surface area contributed by atoms with Gasteiger partial charge in [0.1, 0.15) is 5.75 Å². The molecule has 0 saturated carbocycles. The first-order valence-corrected chi connectivity index (χ1v) is 5.96. The average Bonchev–Trinajstić information content (AvgIpc) is 2.22. The van der Waals surface area contributed by atoms with E-state index in [1.165, 1.54) is 0 Å². The standard InChI is InChI=1S/C14H22N2O/c1-5-6-11(4)16-12-7-8-13(15)14(9-12)17-10(2)3/h5,7-11,16H,1,6,15H2,2-4H3. The lowest BCUT2D eigenvalue weighted by Crippen LogP contribution is -2.14. The van der Waals surface area contributed by atoms with Crippen LogP contribution in [0.2, 0.25) is 0 Å². The molecule has 0 saturated heterocycles. The van der Waals surface area contributed by atoms with Crippen LogP contribution in [0.5, 0.6) is 5.75 Å². The van der Waals surface area contributed by atoms with Crippen molar-refractivity contribution in [2.45, 2.75) is 39.3 Å². The summed E-state index contributed by atoms with van der Waals surface area (Å²) >= 11 is 0. The van der Waals surface area contributed by atoms with Gasteiger partial charge in [0.05, 0.1) is 11.8 Å². The minimum Gasteiger partial charge on any atom is -0.489 e. The Hall–Kier alpha value is -1.64. The summed E-state index contributed by atoms with van der Waals surface area (Å²) in [6, 6.07) is 6.11. The smallest absolute Gasteiger partial charge is 0.144 e. The fourth-order valence-corrected chi connectivity index (χ4v) is 1.57. The lowest BCUT2D eigenvalue weighted by molar-refractivity contribution is 0.244. The van der Waals surface area contributed by atoms with E-state index in [4.69, 9.17) is 10.5 Å². The molecule has 94 valence electrons. The van der Waals surface area contributed by atoms with Gasteiger partial charge >= 0.3 is 0 Å². The highest BCUT2D eigenvalue weighted by molar-refractivity contribution is 5.61. The largest absolute Gasteiger partial charge is 0.489 e. The van der Waals surface area contributed by atoms with Crippen molar-refractivity contribution in [1.82, 2.24) is 0 Å². The van der Waals surface area contributed by atoms with Gasteiger partial charge in [-0.1, -0.05) is 6.08 Å². The number of rotatable bonds is 6. The first-order valence-electron chi connectivity index (χ1n) is 5.96. The van der Waals surface area contributed by atoms with E-state index >= 15 is 0 Å². The fraction of sp³-hybridized carbons (Fsp3) is 0.429. The van der Waals surface area contributed by atoms with Gasteiger partial charge in [-0.15, -0.1) is 6.58 Å². The van der Waals surface area contributed by atoms with E-state index in [9.17, 15) is 0 Å². The van der Waals surface area contributed by atoms with Gasteiger partial charge < -0.3 is 15.8 Å². The second-order valence-corrected chi connectivity index (χ2v) is 4.49. The lowest BCUT2D eigenvalue weighted by atomic mass is 10.2. The van der Waals surface area contributed by atoms with Crippen molar-refractivity contribution >= 4 is 11.4 Å². The van der Waals surface area contributed by atoms with Crippen LogP contribution >= 0.6 is 0 Å². The van der Waals surface area contributed by atoms with Gasteiger partial charge in [-0.05, 0) is 39.3 Å². The zero-order valence-corrected chi connectivity index (χ0v) is 10.9. The predicted octanol–water partition coefficient (Wildman–Crippen LogP) is 3.43. The number of nitrogen functional groups attached to an aromatic ring is 1. The van der Waals surface area contributed by atoms with E-state index in [0.29, 0.717) is 11.7 Å². The molecule has 0 aliphatic carbocycles. The molecule has 1 aromatic carbocycles. The summed E-state index contributed by atoms with van der Waals surface area (Å²) in [6.07, 6.45) is 2.95. The van der Waals surface area contributed by atoms with Crippen molar-refractivity contribution in [2.24, 2.45) is 0 Å². The Morgan fingerprint density at radius 3 is 2.71 bits per heavy atom. The highest BCUT2D eigenvalue weighted by Crippen LogP contribution is 2.27. The third-order valence-electron chi connectivity index (χ3n) is 2.31. The summed E-state index contributed by atoms with van der Waals surface area (Å²) in [5.74, 6) is 0.732. The lowest BCUT2D eigenvalue weighted by Gasteiger charge is -2.17. The Balaban J connectivity index is 2.77. The Bertz CT molecular complexity index is 374. The summed E-state index contributed by atoms with van der Waals surface area (Å²) < 4.78 is 5.64. The first-order chi connectivity index (χ1) is 8.02. The van der Waals surface area contributed by atoms with Crippen molar-refractivity contribution < 1.29 is 4.74 Å². The summed E-state index contributed by atoms with van der Waals surface area (Å²) in [7, 11) is 0. The van der Waals surface area contributed by atoms with Gasteiger partial charge in [-0.25, -0.2) is 0 Å². The summed E-state index contributed by atoms with van der Waals surface area (Å²) in [5.41, 5.74) is 7.54. The molecule has 3 nitrogen and oxygen atoms in total. The van der Waals surface area contributed by atoms with Crippen LogP contribution in [0.4, 0.5) is 11.4 Å². The van der Waals surface area contributed by atoms with Gasteiger partial charge in [0.15, 0.2) is 0 Å². The molecule has 3 N–H and O–H groups in total. The fourth-order valence-electron chi connectivity index (χ4n) is 1.57. The van der Waals surface area contributed by atoms with Gasteiger partial charge in [-0.3, -0.25) is 0 Å². The van der Waals surface area contributed by atoms with E-state index < -0.39 is 0 Å². The van der Waals surface area contributed by atoms with E-state index in [2.05, 4.69) is 18.8 Å². The van der Waals surface area contributed by atoms with Crippen LogP contribution in [-0.2, 0) is 0 Å². The molecule has 0 fully saturated rings. The Morgan fingerprint density at radius 1 is 1.41 bits per heavy atom. The molecule has 0 aromatic heterocycles. The average molecular weight is 234 g/mol. The number of hydrogen-bond donors (Lipinski definition) is 2. The number of nitrogens with one attached hydrogen (secondary N) is 1. The van der Waals surface area contributed by atoms with Crippen molar-refractivity contribution in [2.75, 3.05) is 11.1 Å². The van der Waals surface area contributed by atoms with E-state index in [1.54, 1.807) is 0 Å². The molecular formula is C14H22N2O. The molecule has 17 heavy (non-hydrogen) atoms. The minimum atomic E-state index is 0.123. The molecule has 0 radical (unpaired) electrons. The Morgan fingerprint density at radius 2 is 2.12 bits per heavy atom. The van der Waals surface area contributed by atoms with Crippen LogP contribution in [0.3, 0.4) is 0 Å². The molecule has 0 amide bonds. The highest BCUT2D eigenvalue weighted by atomic mass is 16.5. The molecule has 1 unspecified atom stereocenters. The minimum absolute atomic E-state index is 0.123. The van der Waals surface area contributed by atoms with Gasteiger partial charge in [-0.2, -0.15) is 0 Å². The van der Waals surface area contributed by atoms with Crippen LogP contribution in [-0.4, -0.2) is 12.1 Å². The molecule has 0 bridgehead atoms. The van der Waals surface area contributed by atoms with E-state index in [-0.39, 0.29) is 6.10 Å². The Labute approximate surface area is 104 Å². The molecule has 0 spiro atoms. The summed E-state index contributed by atoms with van der Waals surface area (Å²) in [5, 5.41) is 3.38. The quantitative estimate of drug-likeness (QED) is 0.585. The molecule has 1 atom stereocenters. The van der Waals surface area contributed by atoms with Crippen LogP contribution < -0.4 is 15.8 Å². The SMILES string of the molecule is C=CCC(C)Nc1ccc(N)c(OC(C)C)c1. The number of benzene rings is 1. The molecule has 1 rings (SSSR count). The Kier molecular flexibility index (Phi) is 4.88. The van der Waals surface area contributed by atoms with E-state index in [0.717, 1.165) is 17.9 Å². The third-order valence-corrected chi connectivity index (χ3v) is 2.31. The maximum absolute atomic E-state index is 5.86. The second kappa shape index (κ2) is 6.18. The monoisotopic (exact) mass is 234 g/mol. The topological polar surface area (TPSA) is 47.3 Å². The van der Waals surface area contributed by atoms with E-state index in [1.807, 2.05) is 38.1 Å². The molecule has 0 heterocycles. The molecule has 3 heteroatoms. The van der Waals surface area contributed by atoms with Crippen molar-refractivity contribution in [3.63, 3.8) is 0 Å². The van der Waals surface area contributed by atoms with Crippen LogP contribution in [0.15, 0.2) is 30.9 Å². The first kappa shape index (κ1) is 13.4. The molecule has 0 aliphatic heterocycles. The zero-order chi connectivity index (χ0) is 12.8. The number of ether oxygens (including phenoxy) is 1. The number of nitrogens with two attached hydrogens (primary N) is 1. The number of anilines is 2. The van der Waals surface area contributed by atoms with Crippen molar-refractivity contribution in [3.8, 4) is 5.75 Å². The van der Waals surface area contributed by atoms with Crippen LogP contribution in [0.1, 0.15) is 27.2 Å². The number of hydrogen-bond acceptors (Lipinski definition) is 3. The maximum atomic E-state index is 5.86. The second-order valence-electron chi connectivity index (χ2n) is 4.49. The van der Waals surface area contributed by atoms with Crippen molar-refractivity contribution in [3.05, 3.63) is 30.9 Å². The molecule has 1 aromatic rings. The summed E-state index contributed by atoms with van der Waals surface area (Å²) in [6.45, 7) is 9.81. The molecule has 0 aliphatic rings.